The van der Waals surface area contributed by atoms with Gasteiger partial charge in [-0.3, -0.25) is 4.79 Å². The molecule has 3 aromatic rings. The molecule has 0 saturated heterocycles. The summed E-state index contributed by atoms with van der Waals surface area (Å²) in [6.07, 6.45) is 0.965. The number of amides is 1. The molecule has 1 aromatic heterocycles. The Balaban J connectivity index is 1.53. The molecular weight excluding hydrogens is 376 g/mol. The highest BCUT2D eigenvalue weighted by atomic mass is 16.1. The van der Waals surface area contributed by atoms with Gasteiger partial charge in [0, 0.05) is 32.2 Å². The number of fused-ring (bicyclic) bond motifs is 1. The fourth-order valence-corrected chi connectivity index (χ4v) is 3.34. The number of imidazole rings is 1. The second-order valence-corrected chi connectivity index (χ2v) is 7.05. The van der Waals surface area contributed by atoms with Crippen molar-refractivity contribution in [1.82, 2.24) is 25.5 Å². The van der Waals surface area contributed by atoms with E-state index in [9.17, 15) is 4.79 Å². The third-order valence-electron chi connectivity index (χ3n) is 4.90. The van der Waals surface area contributed by atoms with Gasteiger partial charge in [-0.1, -0.05) is 24.3 Å². The third kappa shape index (κ3) is 5.37. The monoisotopic (exact) mass is 406 g/mol. The Morgan fingerprint density at radius 2 is 1.87 bits per heavy atom. The molecule has 0 saturated carbocycles. The number of nitrogens with one attached hydrogen (secondary N) is 3. The normalized spacial score (nSPS) is 11.5. The van der Waals surface area contributed by atoms with E-state index >= 15 is 0 Å². The van der Waals surface area contributed by atoms with E-state index in [1.807, 2.05) is 43.3 Å². The van der Waals surface area contributed by atoms with E-state index in [1.54, 1.807) is 7.05 Å². The minimum absolute atomic E-state index is 0.0824. The van der Waals surface area contributed by atoms with Crippen LogP contribution in [0.15, 0.2) is 53.5 Å². The molecule has 0 aliphatic carbocycles. The lowest BCUT2D eigenvalue weighted by Crippen LogP contribution is -2.38. The Kier molecular flexibility index (Phi) is 7.43. The van der Waals surface area contributed by atoms with E-state index in [1.165, 1.54) is 5.52 Å². The number of carbonyl (C=O) groups is 1. The summed E-state index contributed by atoms with van der Waals surface area (Å²) in [5.74, 6) is 1.75. The summed E-state index contributed by atoms with van der Waals surface area (Å²) in [5.41, 5.74) is 3.93. The van der Waals surface area contributed by atoms with Gasteiger partial charge in [-0.15, -0.1) is 0 Å². The number of carbonyl (C=O) groups excluding carboxylic acids is 1. The highest BCUT2D eigenvalue weighted by Gasteiger charge is 2.06. The molecule has 7 nitrogen and oxygen atoms in total. The van der Waals surface area contributed by atoms with Crippen LogP contribution in [0, 0.1) is 6.92 Å². The molecular formula is C23H30N6O. The molecule has 1 amide bonds. The third-order valence-corrected chi connectivity index (χ3v) is 4.90. The first-order valence-corrected chi connectivity index (χ1v) is 10.4. The molecule has 0 unspecified atom stereocenters. The number of hydrogen-bond donors (Lipinski definition) is 3. The van der Waals surface area contributed by atoms with Gasteiger partial charge in [-0.2, -0.15) is 0 Å². The van der Waals surface area contributed by atoms with Crippen molar-refractivity contribution >= 4 is 22.9 Å². The van der Waals surface area contributed by atoms with Crippen molar-refractivity contribution in [2.24, 2.45) is 4.99 Å². The lowest BCUT2D eigenvalue weighted by molar-refractivity contribution is 0.0963. The van der Waals surface area contributed by atoms with Gasteiger partial charge in [0.1, 0.15) is 5.82 Å². The quantitative estimate of drug-likeness (QED) is 0.305. The number of guanidine groups is 1. The predicted octanol–water partition coefficient (Wildman–Crippen LogP) is 2.85. The van der Waals surface area contributed by atoms with E-state index in [4.69, 9.17) is 0 Å². The van der Waals surface area contributed by atoms with Gasteiger partial charge >= 0.3 is 0 Å². The summed E-state index contributed by atoms with van der Waals surface area (Å²) >= 11 is 0. The molecule has 0 fully saturated rings. The van der Waals surface area contributed by atoms with Crippen molar-refractivity contribution in [1.29, 1.82) is 0 Å². The zero-order chi connectivity index (χ0) is 21.3. The number of hydrogen-bond acceptors (Lipinski definition) is 3. The SMILES string of the molecule is CCNC(=NCc1ccc(C(=O)NC)cc1)NCCCn1c(C)nc2ccccc21. The smallest absolute Gasteiger partial charge is 0.251 e. The second kappa shape index (κ2) is 10.4. The van der Waals surface area contributed by atoms with Crippen LogP contribution in [-0.2, 0) is 13.1 Å². The van der Waals surface area contributed by atoms with E-state index in [2.05, 4.69) is 49.6 Å². The Bertz CT molecular complexity index is 1010. The first-order valence-electron chi connectivity index (χ1n) is 10.4. The average Bonchev–Trinajstić information content (AvgIpc) is 3.09. The summed E-state index contributed by atoms with van der Waals surface area (Å²) in [6, 6.07) is 15.7. The number of para-hydroxylation sites is 2. The maximum Gasteiger partial charge on any atom is 0.251 e. The molecule has 2 aromatic carbocycles. The van der Waals surface area contributed by atoms with Crippen LogP contribution in [0.25, 0.3) is 11.0 Å². The molecule has 3 rings (SSSR count). The molecule has 0 spiro atoms. The summed E-state index contributed by atoms with van der Waals surface area (Å²) in [7, 11) is 1.63. The highest BCUT2D eigenvalue weighted by molar-refractivity contribution is 5.93. The van der Waals surface area contributed by atoms with E-state index < -0.39 is 0 Å². The number of rotatable bonds is 8. The van der Waals surface area contributed by atoms with Crippen LogP contribution in [0.3, 0.4) is 0 Å². The molecule has 0 radical (unpaired) electrons. The van der Waals surface area contributed by atoms with Gasteiger partial charge in [-0.05, 0) is 50.1 Å². The van der Waals surface area contributed by atoms with Crippen molar-refractivity contribution < 1.29 is 4.79 Å². The maximum absolute atomic E-state index is 11.6. The predicted molar refractivity (Wildman–Crippen MR) is 122 cm³/mol. The van der Waals surface area contributed by atoms with Gasteiger partial charge < -0.3 is 20.5 Å². The van der Waals surface area contributed by atoms with Crippen LogP contribution in [0.4, 0.5) is 0 Å². The number of benzene rings is 2. The van der Waals surface area contributed by atoms with Gasteiger partial charge in [0.05, 0.1) is 17.6 Å². The minimum atomic E-state index is -0.0824. The molecule has 7 heteroatoms. The van der Waals surface area contributed by atoms with Crippen LogP contribution < -0.4 is 16.0 Å². The summed E-state index contributed by atoms with van der Waals surface area (Å²) in [4.78, 5) is 20.9. The van der Waals surface area contributed by atoms with Gasteiger partial charge in [0.25, 0.3) is 5.91 Å². The van der Waals surface area contributed by atoms with Crippen LogP contribution in [0.5, 0.6) is 0 Å². The zero-order valence-electron chi connectivity index (χ0n) is 17.9. The van der Waals surface area contributed by atoms with Crippen LogP contribution in [0.1, 0.15) is 35.1 Å². The van der Waals surface area contributed by atoms with E-state index in [-0.39, 0.29) is 5.91 Å². The highest BCUT2D eigenvalue weighted by Crippen LogP contribution is 2.15. The summed E-state index contributed by atoms with van der Waals surface area (Å²) < 4.78 is 2.26. The first kappa shape index (κ1) is 21.4. The Morgan fingerprint density at radius 3 is 2.60 bits per heavy atom. The molecule has 1 heterocycles. The van der Waals surface area contributed by atoms with E-state index in [0.717, 1.165) is 48.9 Å². The van der Waals surface area contributed by atoms with Crippen molar-refractivity contribution in [2.75, 3.05) is 20.1 Å². The molecule has 0 aliphatic heterocycles. The van der Waals surface area contributed by atoms with Crippen molar-refractivity contribution in [3.8, 4) is 0 Å². The number of nitrogens with zero attached hydrogens (tertiary/aromatic N) is 3. The molecule has 30 heavy (non-hydrogen) atoms. The molecule has 3 N–H and O–H groups in total. The first-order chi connectivity index (χ1) is 14.6. The largest absolute Gasteiger partial charge is 0.357 e. The van der Waals surface area contributed by atoms with Gasteiger partial charge in [-0.25, -0.2) is 9.98 Å². The average molecular weight is 407 g/mol. The minimum Gasteiger partial charge on any atom is -0.357 e. The molecule has 0 bridgehead atoms. The molecule has 0 aliphatic rings. The Hall–Kier alpha value is -3.35. The fraction of sp³-hybridized carbons (Fsp3) is 0.348. The topological polar surface area (TPSA) is 83.3 Å². The van der Waals surface area contributed by atoms with Crippen LogP contribution in [-0.4, -0.2) is 41.6 Å². The standard InChI is InChI=1S/C23H30N6O/c1-4-25-23(27-16-18-10-12-19(13-11-18)22(30)24-3)26-14-7-15-29-17(2)28-20-8-5-6-9-21(20)29/h5-6,8-13H,4,7,14-16H2,1-3H3,(H,24,30)(H2,25,26,27). The lowest BCUT2D eigenvalue weighted by atomic mass is 10.1. The van der Waals surface area contributed by atoms with Crippen molar-refractivity contribution in [2.45, 2.75) is 33.4 Å². The number of aryl methyl sites for hydroxylation is 2. The Labute approximate surface area is 177 Å². The van der Waals surface area contributed by atoms with Crippen molar-refractivity contribution in [3.05, 3.63) is 65.5 Å². The van der Waals surface area contributed by atoms with Crippen LogP contribution >= 0.6 is 0 Å². The second-order valence-electron chi connectivity index (χ2n) is 7.05. The zero-order valence-corrected chi connectivity index (χ0v) is 17.9. The van der Waals surface area contributed by atoms with Gasteiger partial charge in [0.2, 0.25) is 0 Å². The number of aliphatic imine (C=N–C) groups is 1. The maximum atomic E-state index is 11.6. The number of aromatic nitrogens is 2. The lowest BCUT2D eigenvalue weighted by Gasteiger charge is -2.12. The van der Waals surface area contributed by atoms with Gasteiger partial charge in [0.15, 0.2) is 5.96 Å². The van der Waals surface area contributed by atoms with Crippen molar-refractivity contribution in [3.63, 3.8) is 0 Å². The molecule has 158 valence electrons. The van der Waals surface area contributed by atoms with Crippen LogP contribution in [0.2, 0.25) is 0 Å². The molecule has 0 atom stereocenters. The van der Waals surface area contributed by atoms with E-state index in [0.29, 0.717) is 12.1 Å². The summed E-state index contributed by atoms with van der Waals surface area (Å²) in [6.45, 7) is 7.17. The summed E-state index contributed by atoms with van der Waals surface area (Å²) in [5, 5.41) is 9.31. The Morgan fingerprint density at radius 1 is 1.10 bits per heavy atom. The fourth-order valence-electron chi connectivity index (χ4n) is 3.34.